The minimum atomic E-state index is -4.93. The fourth-order valence-corrected chi connectivity index (χ4v) is 3.03. The van der Waals surface area contributed by atoms with E-state index in [-0.39, 0.29) is 0 Å². The van der Waals surface area contributed by atoms with Crippen molar-refractivity contribution in [1.29, 1.82) is 0 Å². The van der Waals surface area contributed by atoms with E-state index >= 15 is 0 Å². The largest absolute Gasteiger partial charge is 0.444 e. The average Bonchev–Trinajstić information content (AvgIpc) is 2.40. The van der Waals surface area contributed by atoms with Gasteiger partial charge in [-0.15, -0.1) is 11.6 Å². The van der Waals surface area contributed by atoms with Gasteiger partial charge in [-0.25, -0.2) is 26.7 Å². The number of sulfonamides is 1. The normalized spacial score (nSPS) is 27.8. The summed E-state index contributed by atoms with van der Waals surface area (Å²) in [4.78, 5) is 12.7. The van der Waals surface area contributed by atoms with E-state index in [0.29, 0.717) is 4.90 Å². The van der Waals surface area contributed by atoms with Gasteiger partial charge in [0.15, 0.2) is 0 Å². The van der Waals surface area contributed by atoms with Crippen LogP contribution in [0.2, 0.25) is 0 Å². The number of piperidine rings is 1. The second kappa shape index (κ2) is 7.48. The number of carbonyl (C=O) groups is 1. The molecule has 0 saturated carbocycles. The second-order valence-corrected chi connectivity index (χ2v) is 7.89. The van der Waals surface area contributed by atoms with Crippen molar-refractivity contribution >= 4 is 27.7 Å². The SMILES string of the molecule is [2H]C(C([2H])([2H])C([2H])([2H])Cl)S(=O)(=O)N[C@H]1CN(C(=O)OC(C)(C)C)CC(F)(F)C1. The van der Waals surface area contributed by atoms with Gasteiger partial charge in [0.1, 0.15) is 5.60 Å². The van der Waals surface area contributed by atoms with Gasteiger partial charge in [-0.2, -0.15) is 0 Å². The molecule has 0 aliphatic carbocycles. The van der Waals surface area contributed by atoms with E-state index in [4.69, 9.17) is 23.2 Å². The van der Waals surface area contributed by atoms with Gasteiger partial charge in [0.2, 0.25) is 10.0 Å². The topological polar surface area (TPSA) is 75.7 Å². The van der Waals surface area contributed by atoms with Crippen LogP contribution in [0.5, 0.6) is 0 Å². The highest BCUT2D eigenvalue weighted by molar-refractivity contribution is 7.89. The van der Waals surface area contributed by atoms with Gasteiger partial charge in [0.05, 0.1) is 12.3 Å². The summed E-state index contributed by atoms with van der Waals surface area (Å²) in [6, 6.07) is -1.54. The number of hydrogen-bond donors (Lipinski definition) is 1. The summed E-state index contributed by atoms with van der Waals surface area (Å²) in [6.45, 7) is 3.10. The van der Waals surface area contributed by atoms with Crippen LogP contribution < -0.4 is 4.72 Å². The summed E-state index contributed by atoms with van der Waals surface area (Å²) in [7, 11) is -4.93. The molecule has 1 N–H and O–H groups in total. The molecule has 1 fully saturated rings. The van der Waals surface area contributed by atoms with Crippen LogP contribution in [-0.4, -0.2) is 61.6 Å². The molecule has 1 unspecified atom stereocenters. The lowest BCUT2D eigenvalue weighted by Gasteiger charge is -2.38. The zero-order chi connectivity index (χ0) is 22.3. The number of rotatable bonds is 5. The van der Waals surface area contributed by atoms with Crippen LogP contribution >= 0.6 is 11.6 Å². The van der Waals surface area contributed by atoms with Crippen LogP contribution in [0.3, 0.4) is 0 Å². The number of likely N-dealkylation sites (tertiary alicyclic amines) is 1. The third-order valence-corrected chi connectivity index (χ3v) is 3.86. The van der Waals surface area contributed by atoms with Crippen LogP contribution in [0.15, 0.2) is 0 Å². The Hall–Kier alpha value is -0.670. The molecular formula is C13H23ClF2N2O4S. The number of carbonyl (C=O) groups excluding carboxylic acids is 1. The van der Waals surface area contributed by atoms with Gasteiger partial charge in [-0.05, 0) is 27.1 Å². The molecule has 0 aromatic rings. The average molecular weight is 382 g/mol. The molecule has 1 amide bonds. The van der Waals surface area contributed by atoms with Crippen LogP contribution in [0, 0.1) is 0 Å². The van der Waals surface area contributed by atoms with Crippen LogP contribution in [0.25, 0.3) is 0 Å². The molecule has 0 spiro atoms. The lowest BCUT2D eigenvalue weighted by Crippen LogP contribution is -2.57. The first-order chi connectivity index (χ1) is 12.2. The Balaban J connectivity index is 3.02. The van der Waals surface area contributed by atoms with E-state index in [9.17, 15) is 22.0 Å². The molecule has 1 heterocycles. The quantitative estimate of drug-likeness (QED) is 0.740. The first-order valence-electron chi connectivity index (χ1n) is 9.24. The molecular weight excluding hydrogens is 354 g/mol. The highest BCUT2D eigenvalue weighted by Crippen LogP contribution is 2.28. The maximum Gasteiger partial charge on any atom is 0.410 e. The predicted molar refractivity (Wildman–Crippen MR) is 83.4 cm³/mol. The van der Waals surface area contributed by atoms with Crippen molar-refractivity contribution in [3.05, 3.63) is 0 Å². The zero-order valence-corrected chi connectivity index (χ0v) is 14.5. The number of alkyl halides is 3. The summed E-state index contributed by atoms with van der Waals surface area (Å²) in [5.74, 6) is -6.66. The van der Waals surface area contributed by atoms with E-state index in [1.54, 1.807) is 4.72 Å². The highest BCUT2D eigenvalue weighted by atomic mass is 35.5. The molecule has 136 valence electrons. The third-order valence-electron chi connectivity index (χ3n) is 2.66. The molecule has 1 rings (SSSR count). The van der Waals surface area contributed by atoms with Gasteiger partial charge >= 0.3 is 6.09 Å². The van der Waals surface area contributed by atoms with E-state index in [2.05, 4.69) is 0 Å². The van der Waals surface area contributed by atoms with Gasteiger partial charge in [-0.1, -0.05) is 0 Å². The van der Waals surface area contributed by atoms with Gasteiger partial charge in [0, 0.05) is 31.7 Å². The van der Waals surface area contributed by atoms with E-state index in [1.165, 1.54) is 20.8 Å². The lowest BCUT2D eigenvalue weighted by molar-refractivity contribution is -0.0761. The van der Waals surface area contributed by atoms with Crippen molar-refractivity contribution in [3.8, 4) is 0 Å². The highest BCUT2D eigenvalue weighted by Gasteiger charge is 2.44. The van der Waals surface area contributed by atoms with Crippen molar-refractivity contribution in [1.82, 2.24) is 9.62 Å². The molecule has 1 saturated heterocycles. The molecule has 1 aliphatic heterocycles. The minimum absolute atomic E-state index is 0.493. The standard InChI is InChI=1S/C13H23ClF2N2O4S/c1-12(2,3)22-11(19)18-8-10(7-13(15,16)9-18)17-23(20,21)6-4-5-14/h10,17H,4-9H2,1-3H3/t10-/m1/s1/i4D2,5D2,6D/t6?,10-. The molecule has 1 aliphatic rings. The van der Waals surface area contributed by atoms with Crippen molar-refractivity contribution in [2.75, 3.05) is 24.7 Å². The number of amides is 1. The monoisotopic (exact) mass is 381 g/mol. The summed E-state index contributed by atoms with van der Waals surface area (Å²) in [5.41, 5.74) is -3.70. The molecule has 10 heteroatoms. The Bertz CT molecular complexity index is 700. The molecule has 0 bridgehead atoms. The first kappa shape index (κ1) is 13.6. The minimum Gasteiger partial charge on any atom is -0.444 e. The third kappa shape index (κ3) is 7.63. The number of ether oxygens (including phenoxy) is 1. The van der Waals surface area contributed by atoms with E-state index in [0.717, 1.165) is 0 Å². The van der Waals surface area contributed by atoms with Crippen LogP contribution in [0.4, 0.5) is 13.6 Å². The molecule has 0 radical (unpaired) electrons. The van der Waals surface area contributed by atoms with Gasteiger partial charge in [0.25, 0.3) is 5.92 Å². The smallest absolute Gasteiger partial charge is 0.410 e. The van der Waals surface area contributed by atoms with Gasteiger partial charge in [-0.3, -0.25) is 0 Å². The van der Waals surface area contributed by atoms with Crippen molar-refractivity contribution in [2.45, 2.75) is 51.1 Å². The summed E-state index contributed by atoms with van der Waals surface area (Å²) in [5, 5.41) is 0. The van der Waals surface area contributed by atoms with Crippen molar-refractivity contribution in [2.24, 2.45) is 0 Å². The fraction of sp³-hybridized carbons (Fsp3) is 0.923. The fourth-order valence-electron chi connectivity index (χ4n) is 2.01. The number of nitrogens with one attached hydrogen (secondary N) is 1. The molecule has 23 heavy (non-hydrogen) atoms. The maximum absolute atomic E-state index is 14.0. The zero-order valence-electron chi connectivity index (χ0n) is 17.9. The Kier molecular flexibility index (Phi) is 4.42. The Morgan fingerprint density at radius 3 is 2.65 bits per heavy atom. The van der Waals surface area contributed by atoms with Crippen molar-refractivity contribution in [3.63, 3.8) is 0 Å². The molecule has 0 aromatic heterocycles. The summed E-state index contributed by atoms with van der Waals surface area (Å²) >= 11 is 5.20. The second-order valence-electron chi connectivity index (χ2n) is 6.14. The summed E-state index contributed by atoms with van der Waals surface area (Å²) in [6.07, 6.45) is -5.41. The molecule has 2 atom stereocenters. The van der Waals surface area contributed by atoms with E-state index < -0.39 is 71.1 Å². The maximum atomic E-state index is 14.0. The van der Waals surface area contributed by atoms with Crippen molar-refractivity contribution < 1.29 is 33.6 Å². The Labute approximate surface area is 147 Å². The summed E-state index contributed by atoms with van der Waals surface area (Å²) < 4.78 is 96.1. The first-order valence-corrected chi connectivity index (χ1v) is 8.58. The number of halogens is 3. The number of nitrogens with zero attached hydrogens (tertiary/aromatic N) is 1. The predicted octanol–water partition coefficient (Wildman–Crippen LogP) is 2.18. The lowest BCUT2D eigenvalue weighted by atomic mass is 10.0. The van der Waals surface area contributed by atoms with Crippen LogP contribution in [-0.2, 0) is 14.8 Å². The van der Waals surface area contributed by atoms with Gasteiger partial charge < -0.3 is 9.64 Å². The van der Waals surface area contributed by atoms with Crippen LogP contribution in [0.1, 0.15) is 40.4 Å². The Morgan fingerprint density at radius 2 is 2.13 bits per heavy atom. The molecule has 0 aromatic carbocycles. The molecule has 6 nitrogen and oxygen atoms in total. The Morgan fingerprint density at radius 1 is 1.52 bits per heavy atom. The number of hydrogen-bond acceptors (Lipinski definition) is 4. The van der Waals surface area contributed by atoms with E-state index in [1.807, 2.05) is 0 Å².